The van der Waals surface area contributed by atoms with E-state index < -0.39 is 5.60 Å². The fraction of sp³-hybridized carbons (Fsp3) is 0.367. The molecule has 1 N–H and O–H groups in total. The molecule has 2 atom stereocenters. The molecule has 2 bridgehead atoms. The van der Waals surface area contributed by atoms with Crippen LogP contribution in [-0.4, -0.2) is 69.1 Å². The van der Waals surface area contributed by atoms with Gasteiger partial charge in [0, 0.05) is 55.2 Å². The van der Waals surface area contributed by atoms with Crippen LogP contribution in [0.5, 0.6) is 11.6 Å². The number of fused-ring (bicyclic) bond motifs is 3. The van der Waals surface area contributed by atoms with Crippen LogP contribution >= 0.6 is 0 Å². The van der Waals surface area contributed by atoms with Crippen LogP contribution in [0.2, 0.25) is 0 Å². The van der Waals surface area contributed by atoms with Crippen molar-refractivity contribution in [2.75, 3.05) is 31.7 Å². The maximum Gasteiger partial charge on any atom is 0.212 e. The molecule has 3 aliphatic rings. The average molecular weight is 525 g/mol. The van der Waals surface area contributed by atoms with Gasteiger partial charge in [-0.1, -0.05) is 18.2 Å². The molecule has 3 aliphatic heterocycles. The third kappa shape index (κ3) is 5.01. The quantitative estimate of drug-likeness (QED) is 0.371. The highest BCUT2D eigenvalue weighted by atomic mass is 16.5. The van der Waals surface area contributed by atoms with Gasteiger partial charge in [0.2, 0.25) is 5.88 Å². The van der Waals surface area contributed by atoms with E-state index in [2.05, 4.69) is 56.3 Å². The zero-order chi connectivity index (χ0) is 27.1. The molecule has 3 aromatic heterocycles. The van der Waals surface area contributed by atoms with Gasteiger partial charge in [0.15, 0.2) is 0 Å². The lowest BCUT2D eigenvalue weighted by atomic mass is 9.86. The first-order chi connectivity index (χ1) is 18.8. The van der Waals surface area contributed by atoms with Crippen molar-refractivity contribution in [1.82, 2.24) is 19.5 Å². The summed E-state index contributed by atoms with van der Waals surface area (Å²) >= 11 is 0. The van der Waals surface area contributed by atoms with Crippen LogP contribution in [-0.2, 0) is 6.54 Å². The van der Waals surface area contributed by atoms with Gasteiger partial charge in [-0.25, -0.2) is 9.50 Å². The molecule has 3 saturated heterocycles. The lowest BCUT2D eigenvalue weighted by Gasteiger charge is -2.57. The summed E-state index contributed by atoms with van der Waals surface area (Å²) in [6, 6.07) is 17.7. The molecule has 2 unspecified atom stereocenters. The average Bonchev–Trinajstić information content (AvgIpc) is 3.37. The SMILES string of the molecule is COc1ccc(CN2C3CC2CN(c2ccc(-c4cc(OCC(C)(C)O)cn5ncc(C#N)c45)cc2)C3)cn1. The number of aliphatic hydroxyl groups is 1. The third-order valence-corrected chi connectivity index (χ3v) is 7.56. The van der Waals surface area contributed by atoms with Crippen molar-refractivity contribution in [2.45, 2.75) is 44.5 Å². The van der Waals surface area contributed by atoms with E-state index in [0.717, 1.165) is 36.3 Å². The number of rotatable bonds is 8. The Labute approximate surface area is 227 Å². The Hall–Kier alpha value is -4.13. The summed E-state index contributed by atoms with van der Waals surface area (Å²) in [5, 5.41) is 24.1. The zero-order valence-electron chi connectivity index (χ0n) is 22.4. The van der Waals surface area contributed by atoms with E-state index in [4.69, 9.17) is 9.47 Å². The number of piperidine rings is 1. The first-order valence-electron chi connectivity index (χ1n) is 13.2. The molecule has 200 valence electrons. The first-order valence-corrected chi connectivity index (χ1v) is 13.2. The third-order valence-electron chi connectivity index (χ3n) is 7.56. The van der Waals surface area contributed by atoms with Gasteiger partial charge in [-0.2, -0.15) is 10.4 Å². The van der Waals surface area contributed by atoms with Gasteiger partial charge in [-0.3, -0.25) is 4.90 Å². The number of anilines is 1. The smallest absolute Gasteiger partial charge is 0.212 e. The molecule has 0 spiro atoms. The number of ether oxygens (including phenoxy) is 2. The van der Waals surface area contributed by atoms with Crippen LogP contribution in [0, 0.1) is 11.3 Å². The minimum Gasteiger partial charge on any atom is -0.489 e. The topological polar surface area (TPSA) is 99.1 Å². The Morgan fingerprint density at radius 3 is 2.51 bits per heavy atom. The Bertz CT molecular complexity index is 1510. The van der Waals surface area contributed by atoms with Crippen LogP contribution in [0.25, 0.3) is 16.6 Å². The second-order valence-corrected chi connectivity index (χ2v) is 11.0. The van der Waals surface area contributed by atoms with Crippen molar-refractivity contribution in [3.8, 4) is 28.8 Å². The number of piperazine rings is 1. The van der Waals surface area contributed by atoms with Crippen LogP contribution < -0.4 is 14.4 Å². The molecular formula is C30H32N6O3. The molecule has 1 aromatic carbocycles. The minimum atomic E-state index is -0.963. The summed E-state index contributed by atoms with van der Waals surface area (Å²) in [6.07, 6.45) is 6.45. The minimum absolute atomic E-state index is 0.145. The Morgan fingerprint density at radius 1 is 1.10 bits per heavy atom. The highest BCUT2D eigenvalue weighted by Gasteiger charge is 2.44. The summed E-state index contributed by atoms with van der Waals surface area (Å²) in [7, 11) is 1.64. The van der Waals surface area contributed by atoms with E-state index in [1.165, 1.54) is 17.7 Å². The first kappa shape index (κ1) is 25.2. The Kier molecular flexibility index (Phi) is 6.37. The number of methoxy groups -OCH3 is 1. The van der Waals surface area contributed by atoms with E-state index in [0.29, 0.717) is 29.3 Å². The van der Waals surface area contributed by atoms with Crippen molar-refractivity contribution in [3.05, 3.63) is 72.2 Å². The fourth-order valence-electron chi connectivity index (χ4n) is 5.58. The predicted molar refractivity (Wildman–Crippen MR) is 148 cm³/mol. The number of aromatic nitrogens is 3. The largest absolute Gasteiger partial charge is 0.489 e. The molecule has 7 rings (SSSR count). The number of hydrogen-bond acceptors (Lipinski definition) is 8. The van der Waals surface area contributed by atoms with Gasteiger partial charge in [0.25, 0.3) is 0 Å². The molecule has 9 heteroatoms. The molecule has 39 heavy (non-hydrogen) atoms. The van der Waals surface area contributed by atoms with E-state index >= 15 is 0 Å². The van der Waals surface area contributed by atoms with E-state index in [-0.39, 0.29) is 6.61 Å². The molecule has 4 aromatic rings. The van der Waals surface area contributed by atoms with Crippen molar-refractivity contribution >= 4 is 11.2 Å². The summed E-state index contributed by atoms with van der Waals surface area (Å²) in [4.78, 5) is 9.39. The molecule has 9 nitrogen and oxygen atoms in total. The van der Waals surface area contributed by atoms with Crippen LogP contribution in [0.3, 0.4) is 0 Å². The van der Waals surface area contributed by atoms with Crippen LogP contribution in [0.15, 0.2) is 61.1 Å². The predicted octanol–water partition coefficient (Wildman–Crippen LogP) is 3.89. The maximum absolute atomic E-state index is 10.1. The fourth-order valence-corrected chi connectivity index (χ4v) is 5.58. The maximum atomic E-state index is 10.1. The van der Waals surface area contributed by atoms with Gasteiger partial charge < -0.3 is 19.5 Å². The number of pyridine rings is 2. The molecule has 0 aliphatic carbocycles. The van der Waals surface area contributed by atoms with E-state index in [1.807, 2.05) is 18.3 Å². The summed E-state index contributed by atoms with van der Waals surface area (Å²) < 4.78 is 12.7. The molecule has 0 amide bonds. The highest BCUT2D eigenvalue weighted by molar-refractivity contribution is 5.85. The summed E-state index contributed by atoms with van der Waals surface area (Å²) in [5.74, 6) is 1.22. The number of nitrogens with zero attached hydrogens (tertiary/aromatic N) is 6. The van der Waals surface area contributed by atoms with Gasteiger partial charge in [0.1, 0.15) is 18.4 Å². The van der Waals surface area contributed by atoms with Gasteiger partial charge in [0.05, 0.1) is 36.2 Å². The number of benzene rings is 1. The monoisotopic (exact) mass is 524 g/mol. The highest BCUT2D eigenvalue weighted by Crippen LogP contribution is 2.37. The molecule has 0 saturated carbocycles. The van der Waals surface area contributed by atoms with Crippen LogP contribution in [0.1, 0.15) is 31.4 Å². The van der Waals surface area contributed by atoms with Gasteiger partial charge in [-0.15, -0.1) is 0 Å². The van der Waals surface area contributed by atoms with Gasteiger partial charge >= 0.3 is 0 Å². The summed E-state index contributed by atoms with van der Waals surface area (Å²) in [5.41, 5.74) is 4.53. The Morgan fingerprint density at radius 2 is 1.87 bits per heavy atom. The lowest BCUT2D eigenvalue weighted by molar-refractivity contribution is -0.00851. The zero-order valence-corrected chi connectivity index (χ0v) is 22.4. The molecule has 3 fully saturated rings. The second kappa shape index (κ2) is 9.88. The standard InChI is InChI=1S/C30H32N6O3/c1-30(2,37)19-39-26-11-27(29-22(12-31)14-33-36(29)18-26)21-5-7-23(8-6-21)34-16-24-10-25(17-34)35(24)15-20-4-9-28(38-3)32-13-20/h4-9,11,13-14,18,24-25,37H,10,15-17,19H2,1-3H3. The number of nitriles is 1. The van der Waals surface area contributed by atoms with Gasteiger partial charge in [-0.05, 0) is 49.6 Å². The van der Waals surface area contributed by atoms with E-state index in [1.54, 1.807) is 37.9 Å². The normalized spacial score (nSPS) is 19.0. The molecule has 6 heterocycles. The van der Waals surface area contributed by atoms with Crippen molar-refractivity contribution < 1.29 is 14.6 Å². The number of hydrogen-bond donors (Lipinski definition) is 1. The van der Waals surface area contributed by atoms with Crippen LogP contribution in [0.4, 0.5) is 5.69 Å². The van der Waals surface area contributed by atoms with E-state index in [9.17, 15) is 10.4 Å². The van der Waals surface area contributed by atoms with Crippen molar-refractivity contribution in [1.29, 1.82) is 5.26 Å². The van der Waals surface area contributed by atoms with Crippen molar-refractivity contribution in [3.63, 3.8) is 0 Å². The molecular weight excluding hydrogens is 492 g/mol. The second-order valence-electron chi connectivity index (χ2n) is 11.0. The lowest BCUT2D eigenvalue weighted by Crippen LogP contribution is -2.68. The van der Waals surface area contributed by atoms with Crippen molar-refractivity contribution in [2.24, 2.45) is 0 Å². The molecule has 0 radical (unpaired) electrons. The summed E-state index contributed by atoms with van der Waals surface area (Å²) in [6.45, 7) is 6.44. The Balaban J connectivity index is 1.19.